The van der Waals surface area contributed by atoms with Crippen LogP contribution >= 0.6 is 0 Å². The van der Waals surface area contributed by atoms with Gasteiger partial charge in [0.25, 0.3) is 0 Å². The minimum absolute atomic E-state index is 0.459. The van der Waals surface area contributed by atoms with Crippen LogP contribution in [0.2, 0.25) is 0 Å². The summed E-state index contributed by atoms with van der Waals surface area (Å²) in [6.45, 7) is 0.459. The van der Waals surface area contributed by atoms with Crippen LogP contribution in [0.5, 0.6) is 5.75 Å². The first-order valence-electron chi connectivity index (χ1n) is 5.95. The Morgan fingerprint density at radius 2 is 2.26 bits per heavy atom. The molecule has 3 rings (SSSR count). The van der Waals surface area contributed by atoms with E-state index in [9.17, 15) is 4.79 Å². The average molecular weight is 252 g/mol. The van der Waals surface area contributed by atoms with E-state index < -0.39 is 0 Å². The van der Waals surface area contributed by atoms with Gasteiger partial charge in [0.2, 0.25) is 0 Å². The maximum atomic E-state index is 10.9. The van der Waals surface area contributed by atoms with Crippen molar-refractivity contribution in [1.82, 2.24) is 9.97 Å². The Morgan fingerprint density at radius 3 is 3.05 bits per heavy atom. The molecule has 0 amide bonds. The number of hydrogen-bond acceptors (Lipinski definition) is 3. The highest BCUT2D eigenvalue weighted by Gasteiger charge is 2.04. The summed E-state index contributed by atoms with van der Waals surface area (Å²) < 4.78 is 5.70. The maximum Gasteiger partial charge on any atom is 0.152 e. The van der Waals surface area contributed by atoms with E-state index in [-0.39, 0.29) is 0 Å². The van der Waals surface area contributed by atoms with Crippen LogP contribution in [-0.2, 0) is 6.61 Å². The normalized spacial score (nSPS) is 10.5. The number of aromatic nitrogens is 2. The lowest BCUT2D eigenvalue weighted by Crippen LogP contribution is -1.95. The number of pyridine rings is 1. The van der Waals surface area contributed by atoms with Gasteiger partial charge in [-0.2, -0.15) is 0 Å². The van der Waals surface area contributed by atoms with Crippen molar-refractivity contribution in [3.63, 3.8) is 0 Å². The number of benzene rings is 1. The number of H-pyrrole nitrogens is 1. The number of carbonyl (C=O) groups is 1. The van der Waals surface area contributed by atoms with Crippen molar-refractivity contribution in [2.45, 2.75) is 6.61 Å². The monoisotopic (exact) mass is 252 g/mol. The van der Waals surface area contributed by atoms with Gasteiger partial charge in [0.15, 0.2) is 6.29 Å². The number of nitrogens with zero attached hydrogens (tertiary/aromatic N) is 1. The van der Waals surface area contributed by atoms with E-state index in [0.29, 0.717) is 12.2 Å². The highest BCUT2D eigenvalue weighted by Crippen LogP contribution is 2.23. The first-order chi connectivity index (χ1) is 9.36. The van der Waals surface area contributed by atoms with E-state index >= 15 is 0 Å². The van der Waals surface area contributed by atoms with Gasteiger partial charge in [0.1, 0.15) is 12.4 Å². The van der Waals surface area contributed by atoms with Gasteiger partial charge in [-0.1, -0.05) is 6.07 Å². The maximum absolute atomic E-state index is 10.9. The van der Waals surface area contributed by atoms with Crippen LogP contribution < -0.4 is 4.74 Å². The molecule has 0 unspecified atom stereocenters. The highest BCUT2D eigenvalue weighted by molar-refractivity contribution is 5.97. The van der Waals surface area contributed by atoms with E-state index in [2.05, 4.69) is 9.97 Å². The van der Waals surface area contributed by atoms with Crippen LogP contribution in [0.4, 0.5) is 0 Å². The molecule has 0 aliphatic carbocycles. The predicted octanol–water partition coefficient (Wildman–Crippen LogP) is 2.95. The molecule has 2 heterocycles. The van der Waals surface area contributed by atoms with Gasteiger partial charge in [0, 0.05) is 40.6 Å². The average Bonchev–Trinajstić information content (AvgIpc) is 2.88. The number of aromatic amines is 1. The fraction of sp³-hybridized carbons (Fsp3) is 0.0667. The Morgan fingerprint density at radius 1 is 1.32 bits per heavy atom. The molecular weight excluding hydrogens is 240 g/mol. The number of rotatable bonds is 4. The van der Waals surface area contributed by atoms with E-state index in [4.69, 9.17) is 4.74 Å². The third-order valence-electron chi connectivity index (χ3n) is 2.94. The zero-order valence-corrected chi connectivity index (χ0v) is 10.2. The third kappa shape index (κ3) is 2.33. The zero-order valence-electron chi connectivity index (χ0n) is 10.2. The van der Waals surface area contributed by atoms with Gasteiger partial charge in [-0.15, -0.1) is 0 Å². The van der Waals surface area contributed by atoms with Gasteiger partial charge in [-0.3, -0.25) is 9.78 Å². The molecule has 0 fully saturated rings. The summed E-state index contributed by atoms with van der Waals surface area (Å²) in [4.78, 5) is 18.0. The summed E-state index contributed by atoms with van der Waals surface area (Å²) in [5.41, 5.74) is 2.57. The standard InChI is InChI=1S/C15H12N2O2/c18-9-12-8-17-15-4-3-13(6-14(12)15)19-10-11-2-1-5-16-7-11/h1-9,17H,10H2. The molecule has 1 N–H and O–H groups in total. The second-order valence-corrected chi connectivity index (χ2v) is 4.22. The molecule has 4 nitrogen and oxygen atoms in total. The summed E-state index contributed by atoms with van der Waals surface area (Å²) in [5, 5.41) is 0.874. The molecular formula is C15H12N2O2. The first-order valence-corrected chi connectivity index (χ1v) is 5.95. The Kier molecular flexibility index (Phi) is 2.98. The van der Waals surface area contributed by atoms with E-state index in [1.54, 1.807) is 18.6 Å². The van der Waals surface area contributed by atoms with E-state index in [0.717, 1.165) is 28.5 Å². The summed E-state index contributed by atoms with van der Waals surface area (Å²) in [7, 11) is 0. The Labute approximate surface area is 110 Å². The molecule has 0 atom stereocenters. The van der Waals surface area contributed by atoms with Gasteiger partial charge in [-0.05, 0) is 24.3 Å². The molecule has 0 spiro atoms. The number of aldehydes is 1. The number of ether oxygens (including phenoxy) is 1. The van der Waals surface area contributed by atoms with E-state index in [1.807, 2.05) is 30.3 Å². The van der Waals surface area contributed by atoms with Crippen molar-refractivity contribution in [2.75, 3.05) is 0 Å². The third-order valence-corrected chi connectivity index (χ3v) is 2.94. The van der Waals surface area contributed by atoms with Crippen molar-refractivity contribution in [1.29, 1.82) is 0 Å². The van der Waals surface area contributed by atoms with Crippen molar-refractivity contribution >= 4 is 17.2 Å². The molecule has 0 saturated heterocycles. The topological polar surface area (TPSA) is 55.0 Å². The zero-order chi connectivity index (χ0) is 13.1. The lowest BCUT2D eigenvalue weighted by Gasteiger charge is -2.06. The van der Waals surface area contributed by atoms with Gasteiger partial charge in [-0.25, -0.2) is 0 Å². The summed E-state index contributed by atoms with van der Waals surface area (Å²) in [5.74, 6) is 0.735. The molecule has 19 heavy (non-hydrogen) atoms. The Hall–Kier alpha value is -2.62. The number of carbonyl (C=O) groups excluding carboxylic acids is 1. The van der Waals surface area contributed by atoms with Gasteiger partial charge < -0.3 is 9.72 Å². The molecule has 4 heteroatoms. The molecule has 2 aromatic heterocycles. The summed E-state index contributed by atoms with van der Waals surface area (Å²) in [6, 6.07) is 9.48. The molecule has 0 radical (unpaired) electrons. The Bertz CT molecular complexity index is 704. The summed E-state index contributed by atoms with van der Waals surface area (Å²) in [6.07, 6.45) is 6.03. The van der Waals surface area contributed by atoms with Crippen LogP contribution in [0.15, 0.2) is 48.9 Å². The fourth-order valence-electron chi connectivity index (χ4n) is 1.96. The van der Waals surface area contributed by atoms with Crippen molar-refractivity contribution in [2.24, 2.45) is 0 Å². The molecule has 0 aliphatic heterocycles. The van der Waals surface area contributed by atoms with Crippen LogP contribution in [0, 0.1) is 0 Å². The number of nitrogens with one attached hydrogen (secondary N) is 1. The van der Waals surface area contributed by atoms with Crippen LogP contribution in [0.1, 0.15) is 15.9 Å². The molecule has 0 saturated carbocycles. The minimum atomic E-state index is 0.459. The quantitative estimate of drug-likeness (QED) is 0.726. The first kappa shape index (κ1) is 11.5. The second kappa shape index (κ2) is 4.94. The van der Waals surface area contributed by atoms with Crippen LogP contribution in [0.25, 0.3) is 10.9 Å². The molecule has 0 bridgehead atoms. The lowest BCUT2D eigenvalue weighted by atomic mass is 10.2. The number of fused-ring (bicyclic) bond motifs is 1. The van der Waals surface area contributed by atoms with Crippen molar-refractivity contribution in [3.8, 4) is 5.75 Å². The van der Waals surface area contributed by atoms with Crippen LogP contribution in [-0.4, -0.2) is 16.3 Å². The number of hydrogen-bond donors (Lipinski definition) is 1. The highest BCUT2D eigenvalue weighted by atomic mass is 16.5. The van der Waals surface area contributed by atoms with E-state index in [1.165, 1.54) is 0 Å². The molecule has 94 valence electrons. The fourth-order valence-corrected chi connectivity index (χ4v) is 1.96. The Balaban J connectivity index is 1.83. The SMILES string of the molecule is O=Cc1c[nH]c2ccc(OCc3cccnc3)cc12. The van der Waals surface area contributed by atoms with Gasteiger partial charge >= 0.3 is 0 Å². The largest absolute Gasteiger partial charge is 0.489 e. The smallest absolute Gasteiger partial charge is 0.152 e. The second-order valence-electron chi connectivity index (χ2n) is 4.22. The van der Waals surface area contributed by atoms with Crippen LogP contribution in [0.3, 0.4) is 0 Å². The minimum Gasteiger partial charge on any atom is -0.489 e. The van der Waals surface area contributed by atoms with Crippen molar-refractivity contribution < 1.29 is 9.53 Å². The molecule has 3 aromatic rings. The summed E-state index contributed by atoms with van der Waals surface area (Å²) >= 11 is 0. The molecule has 1 aromatic carbocycles. The van der Waals surface area contributed by atoms with Gasteiger partial charge in [0.05, 0.1) is 0 Å². The lowest BCUT2D eigenvalue weighted by molar-refractivity contribution is 0.112. The molecule has 0 aliphatic rings. The van der Waals surface area contributed by atoms with Crippen molar-refractivity contribution in [3.05, 3.63) is 60.0 Å². The predicted molar refractivity (Wildman–Crippen MR) is 72.3 cm³/mol.